The molecule has 0 aliphatic heterocycles. The molecule has 2 rings (SSSR count). The van der Waals surface area contributed by atoms with E-state index in [9.17, 15) is 14.0 Å². The van der Waals surface area contributed by atoms with Gasteiger partial charge in [0.25, 0.3) is 5.91 Å². The van der Waals surface area contributed by atoms with Crippen molar-refractivity contribution in [3.05, 3.63) is 59.4 Å². The highest BCUT2D eigenvalue weighted by molar-refractivity contribution is 7.99. The molecule has 27 heavy (non-hydrogen) atoms. The molecule has 0 atom stereocenters. The Morgan fingerprint density at radius 1 is 1.15 bits per heavy atom. The van der Waals surface area contributed by atoms with Crippen LogP contribution in [-0.4, -0.2) is 37.9 Å². The molecule has 0 fully saturated rings. The zero-order valence-corrected chi connectivity index (χ0v) is 16.1. The lowest BCUT2D eigenvalue weighted by Crippen LogP contribution is -2.30. The van der Waals surface area contributed by atoms with Gasteiger partial charge in [0.2, 0.25) is 0 Å². The van der Waals surface area contributed by atoms with Crippen LogP contribution >= 0.6 is 11.8 Å². The normalized spacial score (nSPS) is 10.3. The van der Waals surface area contributed by atoms with Crippen molar-refractivity contribution in [2.45, 2.75) is 18.2 Å². The van der Waals surface area contributed by atoms with Crippen molar-refractivity contribution in [1.82, 2.24) is 5.32 Å². The van der Waals surface area contributed by atoms with Crippen molar-refractivity contribution in [1.29, 1.82) is 0 Å². The van der Waals surface area contributed by atoms with Gasteiger partial charge in [0.05, 0.1) is 13.5 Å². The van der Waals surface area contributed by atoms with Crippen molar-refractivity contribution in [3.8, 4) is 5.75 Å². The van der Waals surface area contributed by atoms with Gasteiger partial charge in [-0.1, -0.05) is 23.8 Å². The third-order valence-electron chi connectivity index (χ3n) is 3.64. The number of rotatable bonds is 9. The lowest BCUT2D eigenvalue weighted by Gasteiger charge is -2.08. The van der Waals surface area contributed by atoms with Gasteiger partial charge < -0.3 is 14.8 Å². The highest BCUT2D eigenvalue weighted by atomic mass is 32.2. The molecular weight excluding hydrogens is 369 g/mol. The van der Waals surface area contributed by atoms with Crippen LogP contribution in [0.1, 0.15) is 11.1 Å². The van der Waals surface area contributed by atoms with E-state index < -0.39 is 11.8 Å². The van der Waals surface area contributed by atoms with E-state index in [-0.39, 0.29) is 24.7 Å². The average Bonchev–Trinajstić information content (AvgIpc) is 2.65. The quantitative estimate of drug-likeness (QED) is 0.404. The van der Waals surface area contributed by atoms with Crippen LogP contribution in [0, 0.1) is 12.7 Å². The summed E-state index contributed by atoms with van der Waals surface area (Å²) in [7, 11) is 1.37. The van der Waals surface area contributed by atoms with E-state index >= 15 is 0 Å². The van der Waals surface area contributed by atoms with E-state index in [1.54, 1.807) is 17.8 Å². The molecule has 5 nitrogen and oxygen atoms in total. The number of ether oxygens (including phenoxy) is 2. The Labute approximate surface area is 162 Å². The third kappa shape index (κ3) is 7.30. The predicted molar refractivity (Wildman–Crippen MR) is 103 cm³/mol. The summed E-state index contributed by atoms with van der Waals surface area (Å²) in [6, 6.07) is 12.4. The van der Waals surface area contributed by atoms with Gasteiger partial charge in [-0.05, 0) is 36.8 Å². The maximum absolute atomic E-state index is 13.6. The highest BCUT2D eigenvalue weighted by Gasteiger charge is 2.10. The van der Waals surface area contributed by atoms with Crippen LogP contribution in [0.4, 0.5) is 4.39 Å². The zero-order valence-electron chi connectivity index (χ0n) is 15.3. The number of amides is 1. The fourth-order valence-electron chi connectivity index (χ4n) is 2.23. The van der Waals surface area contributed by atoms with E-state index in [0.29, 0.717) is 17.9 Å². The second-order valence-electron chi connectivity index (χ2n) is 5.82. The van der Waals surface area contributed by atoms with Gasteiger partial charge in [-0.2, -0.15) is 0 Å². The molecule has 0 saturated heterocycles. The van der Waals surface area contributed by atoms with Gasteiger partial charge in [-0.3, -0.25) is 9.59 Å². The van der Waals surface area contributed by atoms with E-state index in [4.69, 9.17) is 9.47 Å². The van der Waals surface area contributed by atoms with E-state index in [2.05, 4.69) is 5.32 Å². The number of esters is 1. The minimum atomic E-state index is -0.594. The number of aryl methyl sites for hydroxylation is 1. The van der Waals surface area contributed by atoms with Gasteiger partial charge >= 0.3 is 5.97 Å². The Morgan fingerprint density at radius 2 is 1.89 bits per heavy atom. The monoisotopic (exact) mass is 391 g/mol. The van der Waals surface area contributed by atoms with Gasteiger partial charge in [0.15, 0.2) is 18.2 Å². The predicted octanol–water partition coefficient (Wildman–Crippen LogP) is 3.14. The molecule has 7 heteroatoms. The molecule has 1 N–H and O–H groups in total. The first-order valence-electron chi connectivity index (χ1n) is 8.42. The number of halogens is 1. The van der Waals surface area contributed by atoms with Gasteiger partial charge in [0.1, 0.15) is 0 Å². The zero-order chi connectivity index (χ0) is 19.6. The van der Waals surface area contributed by atoms with Crippen LogP contribution < -0.4 is 10.1 Å². The summed E-state index contributed by atoms with van der Waals surface area (Å²) in [6.45, 7) is 2.15. The average molecular weight is 391 g/mol. The Kier molecular flexibility index (Phi) is 8.13. The molecule has 2 aromatic carbocycles. The van der Waals surface area contributed by atoms with Crippen LogP contribution in [0.15, 0.2) is 47.4 Å². The molecule has 0 aromatic heterocycles. The Hall–Kier alpha value is -2.54. The van der Waals surface area contributed by atoms with Crippen molar-refractivity contribution in [2.75, 3.05) is 26.0 Å². The number of methoxy groups -OCH3 is 1. The van der Waals surface area contributed by atoms with Crippen LogP contribution in [-0.2, 0) is 20.7 Å². The molecule has 0 radical (unpaired) electrons. The third-order valence-corrected chi connectivity index (χ3v) is 4.66. The maximum atomic E-state index is 13.6. The standard InChI is InChI=1S/C20H22FNO4S/c1-14-3-6-16(7-4-14)27-10-9-22-19(23)13-26-20(24)12-15-5-8-18(25-2)17(21)11-15/h3-8,11H,9-10,12-13H2,1-2H3,(H,22,23). The summed E-state index contributed by atoms with van der Waals surface area (Å²) < 4.78 is 23.3. The summed E-state index contributed by atoms with van der Waals surface area (Å²) in [5, 5.41) is 2.69. The van der Waals surface area contributed by atoms with Crippen molar-refractivity contribution in [2.24, 2.45) is 0 Å². The number of nitrogens with one attached hydrogen (secondary N) is 1. The van der Waals surface area contributed by atoms with Crippen molar-refractivity contribution >= 4 is 23.6 Å². The molecule has 0 aliphatic rings. The van der Waals surface area contributed by atoms with Crippen molar-refractivity contribution in [3.63, 3.8) is 0 Å². The SMILES string of the molecule is COc1ccc(CC(=O)OCC(=O)NCCSc2ccc(C)cc2)cc1F. The molecule has 0 saturated carbocycles. The molecule has 0 aliphatic carbocycles. The molecule has 2 aromatic rings. The Balaban J connectivity index is 1.63. The lowest BCUT2D eigenvalue weighted by atomic mass is 10.1. The molecule has 0 heterocycles. The highest BCUT2D eigenvalue weighted by Crippen LogP contribution is 2.18. The smallest absolute Gasteiger partial charge is 0.310 e. The summed E-state index contributed by atoms with van der Waals surface area (Å²) in [5.41, 5.74) is 1.65. The lowest BCUT2D eigenvalue weighted by molar-refractivity contribution is -0.147. The second kappa shape index (κ2) is 10.6. The Morgan fingerprint density at radius 3 is 2.56 bits per heavy atom. The largest absolute Gasteiger partial charge is 0.494 e. The minimum Gasteiger partial charge on any atom is -0.494 e. The molecule has 0 bridgehead atoms. The second-order valence-corrected chi connectivity index (χ2v) is 6.99. The van der Waals surface area contributed by atoms with E-state index in [1.807, 2.05) is 31.2 Å². The molecule has 144 valence electrons. The van der Waals surface area contributed by atoms with E-state index in [1.165, 1.54) is 24.8 Å². The molecule has 0 unspecified atom stereocenters. The van der Waals surface area contributed by atoms with Crippen molar-refractivity contribution < 1.29 is 23.5 Å². The topological polar surface area (TPSA) is 64.6 Å². The number of hydrogen-bond acceptors (Lipinski definition) is 5. The number of hydrogen-bond donors (Lipinski definition) is 1. The van der Waals surface area contributed by atoms with Gasteiger partial charge in [0, 0.05) is 17.2 Å². The number of carbonyl (C=O) groups is 2. The fraction of sp³-hybridized carbons (Fsp3) is 0.300. The number of benzene rings is 2. The van der Waals surface area contributed by atoms with Crippen LogP contribution in [0.25, 0.3) is 0 Å². The molecular formula is C20H22FNO4S. The maximum Gasteiger partial charge on any atom is 0.310 e. The Bertz CT molecular complexity index is 780. The number of carbonyl (C=O) groups excluding carboxylic acids is 2. The summed E-state index contributed by atoms with van der Waals surface area (Å²) in [4.78, 5) is 24.6. The van der Waals surface area contributed by atoms with Crippen LogP contribution in [0.2, 0.25) is 0 Å². The number of thioether (sulfide) groups is 1. The van der Waals surface area contributed by atoms with Crippen LogP contribution in [0.5, 0.6) is 5.75 Å². The first kappa shape index (κ1) is 20.8. The first-order chi connectivity index (χ1) is 13.0. The van der Waals surface area contributed by atoms with E-state index in [0.717, 1.165) is 4.90 Å². The van der Waals surface area contributed by atoms with Crippen LogP contribution in [0.3, 0.4) is 0 Å². The first-order valence-corrected chi connectivity index (χ1v) is 9.40. The fourth-order valence-corrected chi connectivity index (χ4v) is 3.00. The van der Waals surface area contributed by atoms with Gasteiger partial charge in [-0.15, -0.1) is 11.8 Å². The minimum absolute atomic E-state index is 0.106. The summed E-state index contributed by atoms with van der Waals surface area (Å²) in [5.74, 6) is -0.687. The molecule has 0 spiro atoms. The molecule has 1 amide bonds. The van der Waals surface area contributed by atoms with Gasteiger partial charge in [-0.25, -0.2) is 4.39 Å². The summed E-state index contributed by atoms with van der Waals surface area (Å²) in [6.07, 6.45) is -0.114. The summed E-state index contributed by atoms with van der Waals surface area (Å²) >= 11 is 1.63.